The zero-order valence-electron chi connectivity index (χ0n) is 18.9. The van der Waals surface area contributed by atoms with E-state index in [9.17, 15) is 4.79 Å². The lowest BCUT2D eigenvalue weighted by atomic mass is 10.0. The summed E-state index contributed by atoms with van der Waals surface area (Å²) >= 11 is 6.02. The second-order valence-electron chi connectivity index (χ2n) is 8.10. The normalized spacial score (nSPS) is 11.9. The van der Waals surface area contributed by atoms with Crippen LogP contribution in [0.15, 0.2) is 65.8 Å². The summed E-state index contributed by atoms with van der Waals surface area (Å²) < 4.78 is 3.43. The van der Waals surface area contributed by atoms with Gasteiger partial charge in [-0.05, 0) is 55.1 Å². The molecular weight excluding hydrogens is 448 g/mol. The summed E-state index contributed by atoms with van der Waals surface area (Å²) in [5, 5.41) is 9.15. The third-order valence-electron chi connectivity index (χ3n) is 5.69. The summed E-state index contributed by atoms with van der Waals surface area (Å²) in [5.74, 6) is 0.615. The Labute approximate surface area is 201 Å². The highest BCUT2D eigenvalue weighted by atomic mass is 35.5. The molecule has 0 radical (unpaired) electrons. The first-order valence-electron chi connectivity index (χ1n) is 10.7. The van der Waals surface area contributed by atoms with E-state index in [1.54, 1.807) is 27.7 Å². The van der Waals surface area contributed by atoms with Gasteiger partial charge in [-0.1, -0.05) is 30.3 Å². The number of para-hydroxylation sites is 1. The van der Waals surface area contributed by atoms with Crippen LogP contribution in [0.25, 0.3) is 27.6 Å². The van der Waals surface area contributed by atoms with E-state index >= 15 is 0 Å². The van der Waals surface area contributed by atoms with Crippen LogP contribution in [0.3, 0.4) is 0 Å². The first-order valence-corrected chi connectivity index (χ1v) is 11.1. The minimum atomic E-state index is -0.270. The number of fused-ring (bicyclic) bond motifs is 1. The summed E-state index contributed by atoms with van der Waals surface area (Å²) in [7, 11) is 1.84. The number of halogens is 1. The highest BCUT2D eigenvalue weighted by Crippen LogP contribution is 2.29. The molecule has 8 heteroatoms. The largest absolute Gasteiger partial charge is 0.362 e. The summed E-state index contributed by atoms with van der Waals surface area (Å²) in [6.45, 7) is 3.89. The molecule has 0 bridgehead atoms. The van der Waals surface area contributed by atoms with Crippen molar-refractivity contribution in [1.82, 2.24) is 24.3 Å². The van der Waals surface area contributed by atoms with E-state index in [1.165, 1.54) is 0 Å². The number of aromatic nitrogens is 5. The molecule has 168 valence electrons. The Kier molecular flexibility index (Phi) is 5.52. The zero-order chi connectivity index (χ0) is 23.8. The van der Waals surface area contributed by atoms with Gasteiger partial charge in [0.1, 0.15) is 5.82 Å². The molecule has 0 amide bonds. The molecule has 34 heavy (non-hydrogen) atoms. The molecule has 3 heterocycles. The third kappa shape index (κ3) is 3.89. The highest BCUT2D eigenvalue weighted by Gasteiger charge is 2.20. The van der Waals surface area contributed by atoms with E-state index in [0.29, 0.717) is 16.8 Å². The Bertz CT molecular complexity index is 1560. The van der Waals surface area contributed by atoms with Crippen LogP contribution in [-0.4, -0.2) is 24.3 Å². The number of hydrogen-bond donors (Lipinski definition) is 1. The highest BCUT2D eigenvalue weighted by molar-refractivity contribution is 6.28. The summed E-state index contributed by atoms with van der Waals surface area (Å²) in [4.78, 5) is 22.4. The van der Waals surface area contributed by atoms with Crippen LogP contribution >= 0.6 is 11.6 Å². The molecule has 0 fully saturated rings. The molecule has 5 rings (SSSR count). The average Bonchev–Trinajstić information content (AvgIpc) is 3.27. The van der Waals surface area contributed by atoms with Gasteiger partial charge in [0.2, 0.25) is 5.28 Å². The van der Waals surface area contributed by atoms with E-state index in [1.807, 2.05) is 63.5 Å². The zero-order valence-corrected chi connectivity index (χ0v) is 19.6. The molecule has 0 aliphatic carbocycles. The van der Waals surface area contributed by atoms with Crippen LogP contribution in [0.4, 0.5) is 5.82 Å². The summed E-state index contributed by atoms with van der Waals surface area (Å²) in [6.07, 6.45) is 5.26. The van der Waals surface area contributed by atoms with Crippen molar-refractivity contribution in [3.05, 3.63) is 100 Å². The predicted octanol–water partition coefficient (Wildman–Crippen LogP) is 4.92. The lowest BCUT2D eigenvalue weighted by Crippen LogP contribution is -2.26. The molecule has 0 saturated carbocycles. The fourth-order valence-corrected chi connectivity index (χ4v) is 4.17. The molecule has 1 atom stereocenters. The van der Waals surface area contributed by atoms with Crippen LogP contribution in [-0.2, 0) is 7.05 Å². The van der Waals surface area contributed by atoms with Crippen molar-refractivity contribution in [2.75, 3.05) is 5.32 Å². The molecule has 3 aromatic heterocycles. The van der Waals surface area contributed by atoms with Crippen molar-refractivity contribution >= 4 is 28.2 Å². The standard InChI is InChI=1S/C26H21ClN6O/c1-16-13-28-26(27)31-24(16)30-17(2)22-12-18-8-7-11-21(19-14-29-32(3)15-19)23(18)25(34)33(22)20-9-5-4-6-10-20/h4-6,8-10,12-15,17H,1-3H3,(H,28,30,31). The number of nitrogens with one attached hydrogen (secondary N) is 1. The fourth-order valence-electron chi connectivity index (χ4n) is 4.04. The number of aryl methyl sites for hydroxylation is 2. The summed E-state index contributed by atoms with van der Waals surface area (Å²) in [6, 6.07) is 19.3. The van der Waals surface area contributed by atoms with Crippen LogP contribution in [0, 0.1) is 19.1 Å². The molecule has 0 saturated heterocycles. The Morgan fingerprint density at radius 2 is 1.97 bits per heavy atom. The first kappa shape index (κ1) is 21.7. The topological polar surface area (TPSA) is 77.6 Å². The van der Waals surface area contributed by atoms with Gasteiger partial charge in [0, 0.05) is 47.5 Å². The number of hydrogen-bond acceptors (Lipinski definition) is 5. The molecule has 7 nitrogen and oxygen atoms in total. The van der Waals surface area contributed by atoms with Gasteiger partial charge in [0.15, 0.2) is 0 Å². The van der Waals surface area contributed by atoms with Gasteiger partial charge in [0.05, 0.1) is 17.6 Å². The van der Waals surface area contributed by atoms with Crippen molar-refractivity contribution < 1.29 is 0 Å². The maximum absolute atomic E-state index is 14.1. The SMILES string of the molecule is Cc1cnc(Cl)nc1NC(C)c1cc2cc#cc(-c3cnn(C)c3)c2c(=O)n1-c1ccccc1. The molecule has 2 aromatic carbocycles. The Morgan fingerprint density at radius 3 is 2.71 bits per heavy atom. The van der Waals surface area contributed by atoms with E-state index in [0.717, 1.165) is 27.9 Å². The Hall–Kier alpha value is -4.15. The second-order valence-corrected chi connectivity index (χ2v) is 8.44. The van der Waals surface area contributed by atoms with Crippen molar-refractivity contribution in [2.45, 2.75) is 19.9 Å². The predicted molar refractivity (Wildman–Crippen MR) is 133 cm³/mol. The minimum absolute atomic E-state index is 0.145. The molecule has 0 aliphatic heterocycles. The molecule has 0 spiro atoms. The van der Waals surface area contributed by atoms with Crippen LogP contribution in [0.1, 0.15) is 24.2 Å². The molecule has 1 N–H and O–H groups in total. The maximum atomic E-state index is 14.1. The fraction of sp³-hybridized carbons (Fsp3) is 0.154. The van der Waals surface area contributed by atoms with Gasteiger partial charge in [0.25, 0.3) is 5.56 Å². The van der Waals surface area contributed by atoms with E-state index < -0.39 is 0 Å². The molecule has 5 aromatic rings. The van der Waals surface area contributed by atoms with Crippen LogP contribution in [0.5, 0.6) is 0 Å². The number of nitrogens with zero attached hydrogens (tertiary/aromatic N) is 5. The van der Waals surface area contributed by atoms with E-state index in [4.69, 9.17) is 11.6 Å². The van der Waals surface area contributed by atoms with Gasteiger partial charge in [-0.25, -0.2) is 9.97 Å². The molecule has 0 aliphatic rings. The second kappa shape index (κ2) is 8.65. The van der Waals surface area contributed by atoms with Gasteiger partial charge < -0.3 is 5.32 Å². The van der Waals surface area contributed by atoms with Gasteiger partial charge in [-0.2, -0.15) is 5.10 Å². The monoisotopic (exact) mass is 468 g/mol. The number of pyridine rings is 1. The maximum Gasteiger partial charge on any atom is 0.264 e. The van der Waals surface area contributed by atoms with E-state index in [2.05, 4.69) is 32.5 Å². The van der Waals surface area contributed by atoms with E-state index in [-0.39, 0.29) is 16.9 Å². The average molecular weight is 469 g/mol. The van der Waals surface area contributed by atoms with Crippen molar-refractivity contribution in [2.24, 2.45) is 7.05 Å². The third-order valence-corrected chi connectivity index (χ3v) is 5.87. The van der Waals surface area contributed by atoms with Crippen molar-refractivity contribution in [3.8, 4) is 16.8 Å². The van der Waals surface area contributed by atoms with Crippen LogP contribution < -0.4 is 10.9 Å². The minimum Gasteiger partial charge on any atom is -0.362 e. The Balaban J connectivity index is 1.75. The summed E-state index contributed by atoms with van der Waals surface area (Å²) in [5.41, 5.74) is 3.73. The lowest BCUT2D eigenvalue weighted by molar-refractivity contribution is 0.768. The number of rotatable bonds is 5. The number of benzene rings is 1. The van der Waals surface area contributed by atoms with Crippen molar-refractivity contribution in [3.63, 3.8) is 0 Å². The first-order chi connectivity index (χ1) is 16.4. The van der Waals surface area contributed by atoms with Gasteiger partial charge >= 0.3 is 0 Å². The van der Waals surface area contributed by atoms with Gasteiger partial charge in [-0.3, -0.25) is 14.0 Å². The molecule has 1 unspecified atom stereocenters. The van der Waals surface area contributed by atoms with Gasteiger partial charge in [-0.15, -0.1) is 0 Å². The smallest absolute Gasteiger partial charge is 0.264 e. The Morgan fingerprint density at radius 1 is 1.18 bits per heavy atom. The van der Waals surface area contributed by atoms with Crippen LogP contribution in [0.2, 0.25) is 5.28 Å². The lowest BCUT2D eigenvalue weighted by Gasteiger charge is -2.22. The number of anilines is 1. The quantitative estimate of drug-likeness (QED) is 0.370. The van der Waals surface area contributed by atoms with Crippen molar-refractivity contribution in [1.29, 1.82) is 0 Å². The molecular formula is C26H21ClN6O.